The van der Waals surface area contributed by atoms with Gasteiger partial charge in [-0.15, -0.1) is 11.3 Å². The van der Waals surface area contributed by atoms with Crippen molar-refractivity contribution in [2.24, 2.45) is 5.73 Å². The third-order valence-corrected chi connectivity index (χ3v) is 3.24. The van der Waals surface area contributed by atoms with Crippen LogP contribution in [0.2, 0.25) is 0 Å². The lowest BCUT2D eigenvalue weighted by Crippen LogP contribution is -2.10. The molecule has 1 heterocycles. The Labute approximate surface area is 96.2 Å². The van der Waals surface area contributed by atoms with E-state index in [1.807, 2.05) is 17.5 Å². The van der Waals surface area contributed by atoms with Crippen LogP contribution in [-0.4, -0.2) is 15.3 Å². The molecule has 4 nitrogen and oxygen atoms in total. The van der Waals surface area contributed by atoms with Crippen molar-refractivity contribution in [3.05, 3.63) is 40.1 Å². The predicted molar refractivity (Wildman–Crippen MR) is 61.8 cm³/mol. The minimum absolute atomic E-state index is 0.197. The maximum absolute atomic E-state index is 9.65. The molecule has 0 aliphatic carbocycles. The van der Waals surface area contributed by atoms with Crippen LogP contribution in [0, 0.1) is 0 Å². The normalized spacial score (nSPS) is 12.6. The molecule has 1 aromatic heterocycles. The van der Waals surface area contributed by atoms with Gasteiger partial charge in [-0.3, -0.25) is 0 Å². The van der Waals surface area contributed by atoms with Gasteiger partial charge in [0, 0.05) is 17.0 Å². The van der Waals surface area contributed by atoms with Crippen LogP contribution in [-0.2, 0) is 0 Å². The molecule has 0 bridgehead atoms. The first-order valence-electron chi connectivity index (χ1n) is 4.63. The van der Waals surface area contributed by atoms with Crippen LogP contribution in [0.4, 0.5) is 0 Å². The molecule has 1 atom stereocenters. The van der Waals surface area contributed by atoms with Crippen molar-refractivity contribution in [2.75, 3.05) is 0 Å². The van der Waals surface area contributed by atoms with Gasteiger partial charge in [0.05, 0.1) is 11.6 Å². The molecule has 2 rings (SSSR count). The van der Waals surface area contributed by atoms with Gasteiger partial charge in [-0.25, -0.2) is 0 Å². The Morgan fingerprint density at radius 2 is 1.75 bits per heavy atom. The molecule has 0 aliphatic rings. The van der Waals surface area contributed by atoms with Crippen molar-refractivity contribution >= 4 is 11.3 Å². The van der Waals surface area contributed by atoms with E-state index in [4.69, 9.17) is 5.73 Å². The number of rotatable bonds is 2. The van der Waals surface area contributed by atoms with Crippen LogP contribution < -0.4 is 5.73 Å². The first-order chi connectivity index (χ1) is 7.59. The fraction of sp³-hybridized carbons (Fsp3) is 0.0909. The molecule has 0 amide bonds. The quantitative estimate of drug-likeness (QED) is 0.642. The number of phenols is 3. The molecule has 84 valence electrons. The van der Waals surface area contributed by atoms with E-state index in [0.717, 1.165) is 17.0 Å². The maximum Gasteiger partial charge on any atom is 0.128 e. The van der Waals surface area contributed by atoms with Crippen LogP contribution in [0.5, 0.6) is 17.2 Å². The molecular formula is C11H11NO3S. The SMILES string of the molecule is N[C@H](c1cccs1)c1c(O)cc(O)cc1O. The van der Waals surface area contributed by atoms with Gasteiger partial charge in [0.15, 0.2) is 0 Å². The Hall–Kier alpha value is -1.72. The summed E-state index contributed by atoms with van der Waals surface area (Å²) < 4.78 is 0. The van der Waals surface area contributed by atoms with Gasteiger partial charge in [-0.1, -0.05) is 6.07 Å². The molecule has 0 unspecified atom stereocenters. The van der Waals surface area contributed by atoms with E-state index < -0.39 is 6.04 Å². The Morgan fingerprint density at radius 1 is 1.12 bits per heavy atom. The largest absolute Gasteiger partial charge is 0.508 e. The summed E-state index contributed by atoms with van der Waals surface area (Å²) in [5.41, 5.74) is 6.14. The second kappa shape index (κ2) is 4.03. The molecule has 2 aromatic rings. The van der Waals surface area contributed by atoms with E-state index in [1.165, 1.54) is 11.3 Å². The van der Waals surface area contributed by atoms with Gasteiger partial charge in [0.1, 0.15) is 17.2 Å². The Morgan fingerprint density at radius 3 is 2.25 bits per heavy atom. The topological polar surface area (TPSA) is 86.7 Å². The van der Waals surface area contributed by atoms with E-state index in [0.29, 0.717) is 0 Å². The average Bonchev–Trinajstić information content (AvgIpc) is 2.67. The molecular weight excluding hydrogens is 226 g/mol. The summed E-state index contributed by atoms with van der Waals surface area (Å²) in [5, 5.41) is 30.3. The second-order valence-corrected chi connectivity index (χ2v) is 4.37. The smallest absolute Gasteiger partial charge is 0.128 e. The standard InChI is InChI=1S/C11H11NO3S/c12-11(9-2-1-3-16-9)10-7(14)4-6(13)5-8(10)15/h1-5,11,13-15H,12H2/t11-/m1/s1. The first kappa shape index (κ1) is 10.8. The van der Waals surface area contributed by atoms with Gasteiger partial charge in [0.25, 0.3) is 0 Å². The van der Waals surface area contributed by atoms with E-state index in [1.54, 1.807) is 0 Å². The van der Waals surface area contributed by atoms with Crippen molar-refractivity contribution in [1.82, 2.24) is 0 Å². The molecule has 0 saturated carbocycles. The number of aromatic hydroxyl groups is 3. The van der Waals surface area contributed by atoms with E-state index in [-0.39, 0.29) is 22.8 Å². The molecule has 0 radical (unpaired) electrons. The van der Waals surface area contributed by atoms with Crippen molar-refractivity contribution in [1.29, 1.82) is 0 Å². The molecule has 5 heteroatoms. The zero-order valence-electron chi connectivity index (χ0n) is 8.29. The highest BCUT2D eigenvalue weighted by atomic mass is 32.1. The monoisotopic (exact) mass is 237 g/mol. The number of nitrogens with two attached hydrogens (primary N) is 1. The van der Waals surface area contributed by atoms with Crippen LogP contribution in [0.1, 0.15) is 16.5 Å². The number of benzene rings is 1. The van der Waals surface area contributed by atoms with Gasteiger partial charge >= 0.3 is 0 Å². The molecule has 0 spiro atoms. The minimum atomic E-state index is -0.597. The van der Waals surface area contributed by atoms with Gasteiger partial charge < -0.3 is 21.1 Å². The molecule has 0 fully saturated rings. The molecule has 1 aromatic carbocycles. The zero-order valence-corrected chi connectivity index (χ0v) is 9.11. The summed E-state index contributed by atoms with van der Waals surface area (Å²) in [4.78, 5) is 0.830. The summed E-state index contributed by atoms with van der Waals surface area (Å²) in [6.07, 6.45) is 0. The highest BCUT2D eigenvalue weighted by molar-refractivity contribution is 7.10. The number of phenolic OH excluding ortho intramolecular Hbond substituents is 3. The molecule has 0 saturated heterocycles. The number of hydrogen-bond donors (Lipinski definition) is 4. The van der Waals surface area contributed by atoms with E-state index in [2.05, 4.69) is 0 Å². The Kier molecular flexibility index (Phi) is 2.72. The van der Waals surface area contributed by atoms with Crippen LogP contribution in [0.3, 0.4) is 0 Å². The highest BCUT2D eigenvalue weighted by Gasteiger charge is 2.19. The fourth-order valence-corrected chi connectivity index (χ4v) is 2.27. The van der Waals surface area contributed by atoms with Crippen molar-refractivity contribution in [3.63, 3.8) is 0 Å². The second-order valence-electron chi connectivity index (χ2n) is 3.39. The molecule has 16 heavy (non-hydrogen) atoms. The van der Waals surface area contributed by atoms with Crippen molar-refractivity contribution in [3.8, 4) is 17.2 Å². The lowest BCUT2D eigenvalue weighted by Gasteiger charge is -2.14. The van der Waals surface area contributed by atoms with Crippen molar-refractivity contribution < 1.29 is 15.3 Å². The van der Waals surface area contributed by atoms with Gasteiger partial charge in [0.2, 0.25) is 0 Å². The highest BCUT2D eigenvalue weighted by Crippen LogP contribution is 2.38. The summed E-state index contributed by atoms with van der Waals surface area (Å²) in [5.74, 6) is -0.617. The van der Waals surface area contributed by atoms with Crippen LogP contribution in [0.25, 0.3) is 0 Å². The lowest BCUT2D eigenvalue weighted by molar-refractivity contribution is 0.416. The van der Waals surface area contributed by atoms with Crippen molar-refractivity contribution in [2.45, 2.75) is 6.04 Å². The van der Waals surface area contributed by atoms with Crippen LogP contribution in [0.15, 0.2) is 29.6 Å². The molecule has 5 N–H and O–H groups in total. The minimum Gasteiger partial charge on any atom is -0.508 e. The third kappa shape index (κ3) is 1.82. The Bertz CT molecular complexity index is 473. The van der Waals surface area contributed by atoms with E-state index in [9.17, 15) is 15.3 Å². The zero-order chi connectivity index (χ0) is 11.7. The average molecular weight is 237 g/mol. The summed E-state index contributed by atoms with van der Waals surface area (Å²) in [6.45, 7) is 0. The van der Waals surface area contributed by atoms with Gasteiger partial charge in [-0.05, 0) is 11.4 Å². The summed E-state index contributed by atoms with van der Waals surface area (Å²) >= 11 is 1.44. The van der Waals surface area contributed by atoms with E-state index >= 15 is 0 Å². The lowest BCUT2D eigenvalue weighted by atomic mass is 10.0. The number of thiophene rings is 1. The summed E-state index contributed by atoms with van der Waals surface area (Å²) in [6, 6.07) is 5.38. The fourth-order valence-electron chi connectivity index (χ4n) is 1.54. The maximum atomic E-state index is 9.65. The Balaban J connectivity index is 2.48. The number of hydrogen-bond acceptors (Lipinski definition) is 5. The summed E-state index contributed by atoms with van der Waals surface area (Å²) in [7, 11) is 0. The first-order valence-corrected chi connectivity index (χ1v) is 5.51. The van der Waals surface area contributed by atoms with Crippen LogP contribution >= 0.6 is 11.3 Å². The van der Waals surface area contributed by atoms with Gasteiger partial charge in [-0.2, -0.15) is 0 Å². The predicted octanol–water partition coefficient (Wildman–Crippen LogP) is 1.91. The third-order valence-electron chi connectivity index (χ3n) is 2.28. The molecule has 0 aliphatic heterocycles.